The number of hydrogen-bond donors (Lipinski definition) is 1. The monoisotopic (exact) mass is 469 g/mol. The summed E-state index contributed by atoms with van der Waals surface area (Å²) in [6.07, 6.45) is 0. The molecular weight excluding hydrogens is 450 g/mol. The molecule has 1 N–H and O–H groups in total. The van der Waals surface area contributed by atoms with E-state index < -0.39 is 0 Å². The molecule has 0 saturated carbocycles. The number of amides is 1. The van der Waals surface area contributed by atoms with Crippen LogP contribution in [-0.4, -0.2) is 38.9 Å². The third-order valence-electron chi connectivity index (χ3n) is 5.24. The molecule has 0 aliphatic carbocycles. The number of ether oxygens (including phenoxy) is 1. The zero-order chi connectivity index (χ0) is 23.3. The first-order valence-electron chi connectivity index (χ1n) is 10.7. The summed E-state index contributed by atoms with van der Waals surface area (Å²) < 4.78 is 7.32. The minimum Gasteiger partial charge on any atom is -0.475 e. The number of rotatable bonds is 7. The first kappa shape index (κ1) is 21.6. The molecule has 2 aromatic heterocycles. The molecule has 8 heteroatoms. The summed E-state index contributed by atoms with van der Waals surface area (Å²) >= 11 is 6.30. The fourth-order valence-electron chi connectivity index (χ4n) is 3.53. The van der Waals surface area contributed by atoms with Crippen LogP contribution < -0.4 is 10.1 Å². The summed E-state index contributed by atoms with van der Waals surface area (Å²) in [6.45, 7) is 0.592. The highest BCUT2D eigenvalue weighted by Gasteiger charge is 2.13. The molecule has 34 heavy (non-hydrogen) atoms. The van der Waals surface area contributed by atoms with Gasteiger partial charge in [-0.05, 0) is 41.5 Å². The van der Waals surface area contributed by atoms with E-state index in [1.54, 1.807) is 22.7 Å². The van der Waals surface area contributed by atoms with Crippen LogP contribution in [0.1, 0.15) is 10.4 Å². The topological polar surface area (TPSA) is 81.4 Å². The molecular formula is C26H20ClN5O2. The number of nitrogens with zero attached hydrogens (tertiary/aromatic N) is 4. The molecule has 168 valence electrons. The van der Waals surface area contributed by atoms with Crippen molar-refractivity contribution >= 4 is 23.2 Å². The van der Waals surface area contributed by atoms with Gasteiger partial charge in [0.15, 0.2) is 11.5 Å². The van der Waals surface area contributed by atoms with Crippen molar-refractivity contribution in [1.29, 1.82) is 0 Å². The molecule has 1 amide bonds. The maximum absolute atomic E-state index is 12.5. The van der Waals surface area contributed by atoms with E-state index in [0.717, 1.165) is 16.7 Å². The predicted octanol–water partition coefficient (Wildman–Crippen LogP) is 4.92. The van der Waals surface area contributed by atoms with Gasteiger partial charge in [0.2, 0.25) is 5.88 Å². The molecule has 7 nitrogen and oxygen atoms in total. The number of nitrogens with one attached hydrogen (secondary N) is 1. The van der Waals surface area contributed by atoms with Gasteiger partial charge < -0.3 is 10.1 Å². The first-order valence-corrected chi connectivity index (χ1v) is 11.1. The zero-order valence-corrected chi connectivity index (χ0v) is 18.8. The smallest absolute Gasteiger partial charge is 0.251 e. The van der Waals surface area contributed by atoms with Crippen LogP contribution in [0.3, 0.4) is 0 Å². The van der Waals surface area contributed by atoms with Gasteiger partial charge in [0.1, 0.15) is 6.61 Å². The largest absolute Gasteiger partial charge is 0.475 e. The second-order valence-electron chi connectivity index (χ2n) is 7.49. The second-order valence-corrected chi connectivity index (χ2v) is 7.90. The van der Waals surface area contributed by atoms with Crippen molar-refractivity contribution in [3.8, 4) is 28.4 Å². The lowest BCUT2D eigenvalue weighted by Crippen LogP contribution is -2.28. The zero-order valence-electron chi connectivity index (χ0n) is 18.1. The summed E-state index contributed by atoms with van der Waals surface area (Å²) in [7, 11) is 0. The highest BCUT2D eigenvalue weighted by molar-refractivity contribution is 6.33. The Morgan fingerprint density at radius 3 is 2.38 bits per heavy atom. The average Bonchev–Trinajstić information content (AvgIpc) is 3.30. The summed E-state index contributed by atoms with van der Waals surface area (Å²) in [5, 5.41) is 16.2. The van der Waals surface area contributed by atoms with Gasteiger partial charge in [0, 0.05) is 17.2 Å². The Morgan fingerprint density at radius 2 is 1.59 bits per heavy atom. The van der Waals surface area contributed by atoms with E-state index in [4.69, 9.17) is 16.3 Å². The summed E-state index contributed by atoms with van der Waals surface area (Å²) in [6, 6.07) is 28.4. The Balaban J connectivity index is 1.19. The molecule has 3 aromatic carbocycles. The average molecular weight is 470 g/mol. The molecule has 0 bridgehead atoms. The number of halogens is 1. The minimum atomic E-state index is -0.161. The van der Waals surface area contributed by atoms with Crippen LogP contribution in [0.4, 0.5) is 0 Å². The van der Waals surface area contributed by atoms with Crippen molar-refractivity contribution in [2.45, 2.75) is 0 Å². The maximum atomic E-state index is 12.5. The van der Waals surface area contributed by atoms with Crippen molar-refractivity contribution in [3.05, 3.63) is 102 Å². The third kappa shape index (κ3) is 4.60. The predicted molar refractivity (Wildman–Crippen MR) is 131 cm³/mol. The van der Waals surface area contributed by atoms with Crippen LogP contribution in [0.25, 0.3) is 28.2 Å². The van der Waals surface area contributed by atoms with Crippen LogP contribution in [-0.2, 0) is 0 Å². The lowest BCUT2D eigenvalue weighted by atomic mass is 10.0. The molecule has 0 radical (unpaired) electrons. The molecule has 2 heterocycles. The minimum absolute atomic E-state index is 0.161. The van der Waals surface area contributed by atoms with Crippen molar-refractivity contribution in [2.75, 3.05) is 13.2 Å². The van der Waals surface area contributed by atoms with Gasteiger partial charge in [0.05, 0.1) is 11.6 Å². The number of hydrogen-bond acceptors (Lipinski definition) is 5. The van der Waals surface area contributed by atoms with Crippen LogP contribution in [0, 0.1) is 0 Å². The molecule has 5 rings (SSSR count). The van der Waals surface area contributed by atoms with Gasteiger partial charge in [-0.25, -0.2) is 0 Å². The van der Waals surface area contributed by atoms with Gasteiger partial charge in [-0.1, -0.05) is 66.2 Å². The first-order chi connectivity index (χ1) is 16.7. The van der Waals surface area contributed by atoms with Crippen molar-refractivity contribution in [1.82, 2.24) is 25.1 Å². The molecule has 0 unspecified atom stereocenters. The lowest BCUT2D eigenvalue weighted by Gasteiger charge is -2.08. The molecule has 0 aliphatic rings. The normalized spacial score (nSPS) is 10.9. The fraction of sp³-hybridized carbons (Fsp3) is 0.0769. The summed E-state index contributed by atoms with van der Waals surface area (Å²) in [5.41, 5.74) is 4.07. The fourth-order valence-corrected chi connectivity index (χ4v) is 3.75. The van der Waals surface area contributed by atoms with Gasteiger partial charge in [-0.3, -0.25) is 4.79 Å². The van der Waals surface area contributed by atoms with E-state index in [0.29, 0.717) is 34.5 Å². The highest BCUT2D eigenvalue weighted by Crippen LogP contribution is 2.26. The Bertz CT molecular complexity index is 1440. The van der Waals surface area contributed by atoms with Crippen molar-refractivity contribution in [3.63, 3.8) is 0 Å². The summed E-state index contributed by atoms with van der Waals surface area (Å²) in [4.78, 5) is 12.5. The molecule has 0 aliphatic heterocycles. The SMILES string of the molecule is O=C(NCCOc1ccc2nnc(-c3ccccc3Cl)n2n1)c1ccc(-c2ccccc2)cc1. The van der Waals surface area contributed by atoms with E-state index in [1.807, 2.05) is 72.8 Å². The molecule has 0 atom stereocenters. The Kier molecular flexibility index (Phi) is 6.18. The Hall–Kier alpha value is -4.23. The standard InChI is InChI=1S/C26H20ClN5O2/c27-22-9-5-4-8-21(22)25-30-29-23-14-15-24(31-32(23)25)34-17-16-28-26(33)20-12-10-19(11-13-20)18-6-2-1-3-7-18/h1-15H,16-17H2,(H,28,33). The van der Waals surface area contributed by atoms with Crippen LogP contribution in [0.15, 0.2) is 91.0 Å². The molecule has 0 saturated heterocycles. The number of fused-ring (bicyclic) bond motifs is 1. The van der Waals surface area contributed by atoms with Gasteiger partial charge >= 0.3 is 0 Å². The van der Waals surface area contributed by atoms with E-state index in [9.17, 15) is 4.79 Å². The summed E-state index contributed by atoms with van der Waals surface area (Å²) in [5.74, 6) is 0.756. The Labute approximate surface area is 201 Å². The van der Waals surface area contributed by atoms with Crippen molar-refractivity contribution in [2.24, 2.45) is 0 Å². The van der Waals surface area contributed by atoms with E-state index in [1.165, 1.54) is 0 Å². The second kappa shape index (κ2) is 9.72. The lowest BCUT2D eigenvalue weighted by molar-refractivity contribution is 0.0946. The van der Waals surface area contributed by atoms with Crippen molar-refractivity contribution < 1.29 is 9.53 Å². The third-order valence-corrected chi connectivity index (χ3v) is 5.57. The Morgan fingerprint density at radius 1 is 0.853 bits per heavy atom. The number of aromatic nitrogens is 4. The molecule has 0 fully saturated rings. The highest BCUT2D eigenvalue weighted by atomic mass is 35.5. The van der Waals surface area contributed by atoms with Gasteiger partial charge in [0.25, 0.3) is 5.91 Å². The van der Waals surface area contributed by atoms with Gasteiger partial charge in [-0.15, -0.1) is 15.3 Å². The van der Waals surface area contributed by atoms with Gasteiger partial charge in [-0.2, -0.15) is 4.52 Å². The number of carbonyl (C=O) groups excluding carboxylic acids is 1. The van der Waals surface area contributed by atoms with Crippen LogP contribution in [0.2, 0.25) is 5.02 Å². The molecule has 5 aromatic rings. The van der Waals surface area contributed by atoms with E-state index >= 15 is 0 Å². The van der Waals surface area contributed by atoms with E-state index in [-0.39, 0.29) is 12.5 Å². The number of carbonyl (C=O) groups is 1. The van der Waals surface area contributed by atoms with Crippen LogP contribution in [0.5, 0.6) is 5.88 Å². The maximum Gasteiger partial charge on any atom is 0.251 e. The molecule has 0 spiro atoms. The van der Waals surface area contributed by atoms with E-state index in [2.05, 4.69) is 20.6 Å². The van der Waals surface area contributed by atoms with Crippen LogP contribution >= 0.6 is 11.6 Å². The quantitative estimate of drug-likeness (QED) is 0.342. The number of benzene rings is 3.